The van der Waals surface area contributed by atoms with Gasteiger partial charge in [-0.2, -0.15) is 0 Å². The van der Waals surface area contributed by atoms with Crippen LogP contribution in [-0.4, -0.2) is 45.2 Å². The summed E-state index contributed by atoms with van der Waals surface area (Å²) in [5.74, 6) is 0.179. The number of hydrogen-bond acceptors (Lipinski definition) is 6. The molecule has 7 nitrogen and oxygen atoms in total. The van der Waals surface area contributed by atoms with Crippen molar-refractivity contribution in [3.05, 3.63) is 34.1 Å². The Bertz CT molecular complexity index is 583. The van der Waals surface area contributed by atoms with Gasteiger partial charge in [-0.3, -0.25) is 4.79 Å². The predicted molar refractivity (Wildman–Crippen MR) is 72.9 cm³/mol. The number of nitrogen functional groups attached to an aromatic ring is 1. The second-order valence-electron chi connectivity index (χ2n) is 4.92. The second-order valence-corrected chi connectivity index (χ2v) is 4.92. The van der Waals surface area contributed by atoms with Crippen molar-refractivity contribution in [2.45, 2.75) is 31.3 Å². The van der Waals surface area contributed by atoms with Crippen molar-refractivity contribution >= 4 is 11.4 Å². The van der Waals surface area contributed by atoms with Crippen LogP contribution in [0.2, 0.25) is 0 Å². The molecule has 1 aliphatic heterocycles. The van der Waals surface area contributed by atoms with Crippen molar-refractivity contribution in [1.29, 1.82) is 0 Å². The number of nitrogens with one attached hydrogen (secondary N) is 1. The van der Waals surface area contributed by atoms with Gasteiger partial charge in [-0.05, 0) is 18.6 Å². The summed E-state index contributed by atoms with van der Waals surface area (Å²) in [6, 6.07) is 1.48. The Labute approximate surface area is 115 Å². The molecular weight excluding hydrogens is 264 g/mol. The largest absolute Gasteiger partial charge is 0.394 e. The fourth-order valence-corrected chi connectivity index (χ4v) is 2.28. The quantitative estimate of drug-likeness (QED) is 0.491. The number of aromatic nitrogens is 1. The van der Waals surface area contributed by atoms with Crippen molar-refractivity contribution in [2.24, 2.45) is 0 Å². The van der Waals surface area contributed by atoms with Crippen LogP contribution in [0.1, 0.15) is 24.2 Å². The van der Waals surface area contributed by atoms with E-state index < -0.39 is 36.6 Å². The molecule has 1 saturated heterocycles. The molecule has 6 N–H and O–H groups in total. The summed E-state index contributed by atoms with van der Waals surface area (Å²) in [6.45, 7) is 5.03. The molecule has 0 saturated carbocycles. The third-order valence-corrected chi connectivity index (χ3v) is 3.41. The maximum Gasteiger partial charge on any atom is 0.255 e. The van der Waals surface area contributed by atoms with Gasteiger partial charge in [0.2, 0.25) is 0 Å². The Morgan fingerprint density at radius 2 is 2.15 bits per heavy atom. The van der Waals surface area contributed by atoms with E-state index in [0.717, 1.165) is 0 Å². The Morgan fingerprint density at radius 1 is 1.50 bits per heavy atom. The lowest BCUT2D eigenvalue weighted by Gasteiger charge is -2.16. The van der Waals surface area contributed by atoms with Gasteiger partial charge in [0, 0.05) is 11.1 Å². The SMILES string of the molecule is C=C(C)c1cc(C2OC(CO)C(O)C2O)c(=O)[nH]c1N. The molecule has 2 rings (SSSR count). The number of allylic oxidation sites excluding steroid dienone is 1. The molecule has 1 aromatic rings. The molecule has 1 aliphatic rings. The van der Waals surface area contributed by atoms with Crippen molar-refractivity contribution in [3.63, 3.8) is 0 Å². The van der Waals surface area contributed by atoms with Crippen LogP contribution < -0.4 is 11.3 Å². The number of aliphatic hydroxyl groups is 3. The minimum Gasteiger partial charge on any atom is -0.394 e. The maximum atomic E-state index is 11.9. The molecule has 2 heterocycles. The van der Waals surface area contributed by atoms with Crippen molar-refractivity contribution in [3.8, 4) is 0 Å². The zero-order valence-electron chi connectivity index (χ0n) is 11.0. The van der Waals surface area contributed by atoms with Gasteiger partial charge in [-0.15, -0.1) is 0 Å². The minimum absolute atomic E-state index is 0.139. The van der Waals surface area contributed by atoms with Gasteiger partial charge in [-0.25, -0.2) is 0 Å². The first-order chi connectivity index (χ1) is 9.36. The van der Waals surface area contributed by atoms with E-state index in [0.29, 0.717) is 11.1 Å². The third-order valence-electron chi connectivity index (χ3n) is 3.41. The lowest BCUT2D eigenvalue weighted by Crippen LogP contribution is -2.33. The number of ether oxygens (including phenoxy) is 1. The summed E-state index contributed by atoms with van der Waals surface area (Å²) in [5.41, 5.74) is 6.51. The maximum absolute atomic E-state index is 11.9. The molecule has 1 aromatic heterocycles. The molecule has 1 fully saturated rings. The molecule has 0 aliphatic carbocycles. The van der Waals surface area contributed by atoms with Crippen molar-refractivity contribution in [2.75, 3.05) is 12.3 Å². The molecule has 110 valence electrons. The summed E-state index contributed by atoms with van der Waals surface area (Å²) in [7, 11) is 0. The van der Waals surface area contributed by atoms with Gasteiger partial charge in [-0.1, -0.05) is 6.58 Å². The van der Waals surface area contributed by atoms with E-state index in [1.165, 1.54) is 6.07 Å². The first kappa shape index (κ1) is 14.7. The van der Waals surface area contributed by atoms with Crippen molar-refractivity contribution < 1.29 is 20.1 Å². The average molecular weight is 282 g/mol. The highest BCUT2D eigenvalue weighted by atomic mass is 16.6. The van der Waals surface area contributed by atoms with E-state index >= 15 is 0 Å². The molecule has 7 heteroatoms. The Balaban J connectivity index is 2.46. The first-order valence-corrected chi connectivity index (χ1v) is 6.17. The van der Waals surface area contributed by atoms with E-state index in [-0.39, 0.29) is 11.4 Å². The number of anilines is 1. The molecule has 4 atom stereocenters. The number of H-pyrrole nitrogens is 1. The third kappa shape index (κ3) is 2.36. The zero-order chi connectivity index (χ0) is 15.0. The zero-order valence-corrected chi connectivity index (χ0v) is 11.0. The average Bonchev–Trinajstić information content (AvgIpc) is 2.66. The van der Waals surface area contributed by atoms with Gasteiger partial charge in [0.25, 0.3) is 5.56 Å². The van der Waals surface area contributed by atoms with Crippen LogP contribution in [0.3, 0.4) is 0 Å². The molecular formula is C13H18N2O5. The summed E-state index contributed by atoms with van der Waals surface area (Å²) >= 11 is 0. The number of rotatable bonds is 3. The smallest absolute Gasteiger partial charge is 0.255 e. The van der Waals surface area contributed by atoms with E-state index in [2.05, 4.69) is 11.6 Å². The number of aromatic amines is 1. The lowest BCUT2D eigenvalue weighted by molar-refractivity contribution is -0.0231. The fraction of sp³-hybridized carbons (Fsp3) is 0.462. The molecule has 0 amide bonds. The Kier molecular flexibility index (Phi) is 3.96. The summed E-state index contributed by atoms with van der Waals surface area (Å²) < 4.78 is 5.34. The Hall–Kier alpha value is -1.67. The number of nitrogens with two attached hydrogens (primary N) is 1. The summed E-state index contributed by atoms with van der Waals surface area (Å²) in [5, 5.41) is 28.7. The lowest BCUT2D eigenvalue weighted by atomic mass is 9.99. The van der Waals surface area contributed by atoms with Crippen LogP contribution in [-0.2, 0) is 4.74 Å². The number of hydrogen-bond donors (Lipinski definition) is 5. The van der Waals surface area contributed by atoms with E-state index in [9.17, 15) is 15.0 Å². The minimum atomic E-state index is -1.30. The fourth-order valence-electron chi connectivity index (χ4n) is 2.28. The highest BCUT2D eigenvalue weighted by molar-refractivity contribution is 5.70. The van der Waals surface area contributed by atoms with Crippen LogP contribution in [0.25, 0.3) is 5.57 Å². The van der Waals surface area contributed by atoms with Gasteiger partial charge in [0.15, 0.2) is 0 Å². The first-order valence-electron chi connectivity index (χ1n) is 6.17. The van der Waals surface area contributed by atoms with Crippen LogP contribution in [0.4, 0.5) is 5.82 Å². The standard InChI is InChI=1S/C13H18N2O5/c1-5(2)6-3-7(13(19)15-12(6)14)11-10(18)9(17)8(4-16)20-11/h3,8-11,16-18H,1,4H2,2H3,(H3,14,15,19). The highest BCUT2D eigenvalue weighted by Crippen LogP contribution is 2.33. The predicted octanol–water partition coefficient (Wildman–Crippen LogP) is -0.856. The molecule has 0 spiro atoms. The number of aliphatic hydroxyl groups excluding tert-OH is 3. The molecule has 4 unspecified atom stereocenters. The monoisotopic (exact) mass is 282 g/mol. The van der Waals surface area contributed by atoms with E-state index in [1.807, 2.05) is 0 Å². The van der Waals surface area contributed by atoms with Crippen molar-refractivity contribution in [1.82, 2.24) is 4.98 Å². The molecule has 0 bridgehead atoms. The summed E-state index contributed by atoms with van der Waals surface area (Å²) in [4.78, 5) is 14.4. The normalized spacial score (nSPS) is 29.6. The second kappa shape index (κ2) is 5.37. The molecule has 0 aromatic carbocycles. The molecule has 20 heavy (non-hydrogen) atoms. The summed E-state index contributed by atoms with van der Waals surface area (Å²) in [6.07, 6.45) is -4.50. The van der Waals surface area contributed by atoms with Crippen LogP contribution >= 0.6 is 0 Å². The van der Waals surface area contributed by atoms with E-state index in [1.54, 1.807) is 6.92 Å². The highest BCUT2D eigenvalue weighted by Gasteiger charge is 2.44. The van der Waals surface area contributed by atoms with Gasteiger partial charge >= 0.3 is 0 Å². The van der Waals surface area contributed by atoms with Crippen LogP contribution in [0.15, 0.2) is 17.4 Å². The van der Waals surface area contributed by atoms with Gasteiger partial charge < -0.3 is 30.8 Å². The van der Waals surface area contributed by atoms with Crippen LogP contribution in [0, 0.1) is 0 Å². The Morgan fingerprint density at radius 3 is 2.65 bits per heavy atom. The van der Waals surface area contributed by atoms with E-state index in [4.69, 9.17) is 15.6 Å². The molecule has 0 radical (unpaired) electrons. The number of pyridine rings is 1. The van der Waals surface area contributed by atoms with Gasteiger partial charge in [0.1, 0.15) is 30.2 Å². The van der Waals surface area contributed by atoms with Crippen LogP contribution in [0.5, 0.6) is 0 Å². The topological polar surface area (TPSA) is 129 Å². The van der Waals surface area contributed by atoms with Gasteiger partial charge in [0.05, 0.1) is 6.61 Å².